The van der Waals surface area contributed by atoms with E-state index >= 15 is 0 Å². The summed E-state index contributed by atoms with van der Waals surface area (Å²) < 4.78 is 5.04. The number of hydrogen-bond donors (Lipinski definition) is 0. The number of carbonyl (C=O) groups excluding carboxylic acids is 1. The molecule has 14 heavy (non-hydrogen) atoms. The summed E-state index contributed by atoms with van der Waals surface area (Å²) >= 11 is 0. The van der Waals surface area contributed by atoms with Gasteiger partial charge in [0.25, 0.3) is 0 Å². The first-order chi connectivity index (χ1) is 6.79. The maximum Gasteiger partial charge on any atom is 0.185 e. The van der Waals surface area contributed by atoms with Gasteiger partial charge in [0.1, 0.15) is 0 Å². The van der Waals surface area contributed by atoms with E-state index in [2.05, 4.69) is 6.07 Å². The Bertz CT molecular complexity index is 455. The van der Waals surface area contributed by atoms with Gasteiger partial charge in [0.05, 0.1) is 6.26 Å². The molecule has 70 valence electrons. The van der Waals surface area contributed by atoms with Gasteiger partial charge in [0.2, 0.25) is 0 Å². The lowest BCUT2D eigenvalue weighted by Crippen LogP contribution is -1.75. The van der Waals surface area contributed by atoms with Crippen LogP contribution in [0.4, 0.5) is 0 Å². The molecule has 2 rings (SSSR count). The zero-order valence-corrected chi connectivity index (χ0v) is 7.86. The predicted molar refractivity (Wildman–Crippen MR) is 54.3 cm³/mol. The number of hydrogen-bond acceptors (Lipinski definition) is 2. The van der Waals surface area contributed by atoms with Gasteiger partial charge in [-0.1, -0.05) is 29.8 Å². The van der Waals surface area contributed by atoms with Gasteiger partial charge in [0, 0.05) is 5.56 Å². The average Bonchev–Trinajstić information content (AvgIpc) is 2.66. The molecule has 1 aromatic carbocycles. The van der Waals surface area contributed by atoms with E-state index in [0.717, 1.165) is 11.1 Å². The monoisotopic (exact) mass is 186 g/mol. The topological polar surface area (TPSA) is 30.2 Å². The molecule has 0 radical (unpaired) electrons. The third-order valence-corrected chi connectivity index (χ3v) is 2.09. The van der Waals surface area contributed by atoms with Crippen LogP contribution in [0, 0.1) is 6.92 Å². The van der Waals surface area contributed by atoms with Crippen LogP contribution in [0.15, 0.2) is 41.0 Å². The van der Waals surface area contributed by atoms with Crippen LogP contribution in [0.2, 0.25) is 0 Å². The SMILES string of the molecule is Cc1cccc(-c2coc(C=O)c2)c1. The largest absolute Gasteiger partial charge is 0.461 e. The molecule has 0 saturated carbocycles. The van der Waals surface area contributed by atoms with Crippen molar-refractivity contribution in [3.63, 3.8) is 0 Å². The highest BCUT2D eigenvalue weighted by Gasteiger charge is 2.02. The predicted octanol–water partition coefficient (Wildman–Crippen LogP) is 3.07. The molecule has 1 heterocycles. The highest BCUT2D eigenvalue weighted by Crippen LogP contribution is 2.22. The Morgan fingerprint density at radius 3 is 2.71 bits per heavy atom. The second kappa shape index (κ2) is 3.50. The maximum absolute atomic E-state index is 10.4. The molecule has 2 aromatic rings. The van der Waals surface area contributed by atoms with Gasteiger partial charge >= 0.3 is 0 Å². The number of benzene rings is 1. The number of carbonyl (C=O) groups is 1. The highest BCUT2D eigenvalue weighted by molar-refractivity contribution is 5.75. The third kappa shape index (κ3) is 1.59. The molecular weight excluding hydrogens is 176 g/mol. The summed E-state index contributed by atoms with van der Waals surface area (Å²) in [7, 11) is 0. The minimum atomic E-state index is 0.363. The first-order valence-electron chi connectivity index (χ1n) is 4.40. The van der Waals surface area contributed by atoms with Crippen molar-refractivity contribution in [2.24, 2.45) is 0 Å². The fraction of sp³-hybridized carbons (Fsp3) is 0.0833. The lowest BCUT2D eigenvalue weighted by Gasteiger charge is -1.97. The molecule has 0 fully saturated rings. The van der Waals surface area contributed by atoms with Gasteiger partial charge in [0.15, 0.2) is 12.0 Å². The highest BCUT2D eigenvalue weighted by atomic mass is 16.3. The van der Waals surface area contributed by atoms with Gasteiger partial charge in [-0.15, -0.1) is 0 Å². The first-order valence-corrected chi connectivity index (χ1v) is 4.40. The summed E-state index contributed by atoms with van der Waals surface area (Å²) in [5.74, 6) is 0.363. The van der Waals surface area contributed by atoms with Gasteiger partial charge in [-0.25, -0.2) is 0 Å². The maximum atomic E-state index is 10.4. The molecule has 0 amide bonds. The van der Waals surface area contributed by atoms with Crippen LogP contribution in [0.25, 0.3) is 11.1 Å². The van der Waals surface area contributed by atoms with E-state index in [4.69, 9.17) is 4.42 Å². The Morgan fingerprint density at radius 2 is 2.07 bits per heavy atom. The molecule has 0 bridgehead atoms. The smallest absolute Gasteiger partial charge is 0.185 e. The molecule has 0 aliphatic rings. The molecule has 0 spiro atoms. The normalized spacial score (nSPS) is 10.1. The number of aldehydes is 1. The molecule has 2 nitrogen and oxygen atoms in total. The number of aryl methyl sites for hydroxylation is 1. The standard InChI is InChI=1S/C12H10O2/c1-9-3-2-4-10(5-9)11-6-12(7-13)14-8-11/h2-8H,1H3. The van der Waals surface area contributed by atoms with E-state index in [1.54, 1.807) is 12.3 Å². The average molecular weight is 186 g/mol. The Balaban J connectivity index is 2.43. The number of furan rings is 1. The van der Waals surface area contributed by atoms with E-state index < -0.39 is 0 Å². The molecule has 2 heteroatoms. The fourth-order valence-electron chi connectivity index (χ4n) is 1.39. The van der Waals surface area contributed by atoms with E-state index in [0.29, 0.717) is 12.0 Å². The second-order valence-electron chi connectivity index (χ2n) is 3.23. The zero-order valence-electron chi connectivity index (χ0n) is 7.86. The van der Waals surface area contributed by atoms with Gasteiger partial charge < -0.3 is 4.42 Å². The summed E-state index contributed by atoms with van der Waals surface area (Å²) in [6.45, 7) is 2.03. The lowest BCUT2D eigenvalue weighted by molar-refractivity contribution is 0.110. The lowest BCUT2D eigenvalue weighted by atomic mass is 10.1. The molecule has 0 aliphatic carbocycles. The molecular formula is C12H10O2. The quantitative estimate of drug-likeness (QED) is 0.674. The van der Waals surface area contributed by atoms with Crippen molar-refractivity contribution in [3.05, 3.63) is 47.9 Å². The van der Waals surface area contributed by atoms with Crippen molar-refractivity contribution in [3.8, 4) is 11.1 Å². The van der Waals surface area contributed by atoms with Crippen LogP contribution in [-0.2, 0) is 0 Å². The van der Waals surface area contributed by atoms with Crippen LogP contribution in [0.5, 0.6) is 0 Å². The van der Waals surface area contributed by atoms with Crippen LogP contribution < -0.4 is 0 Å². The van der Waals surface area contributed by atoms with Gasteiger partial charge in [-0.05, 0) is 18.6 Å². The molecule has 0 N–H and O–H groups in total. The van der Waals surface area contributed by atoms with Crippen LogP contribution >= 0.6 is 0 Å². The van der Waals surface area contributed by atoms with Crippen LogP contribution in [0.3, 0.4) is 0 Å². The van der Waals surface area contributed by atoms with E-state index in [1.807, 2.05) is 25.1 Å². The summed E-state index contributed by atoms with van der Waals surface area (Å²) in [5, 5.41) is 0. The van der Waals surface area contributed by atoms with Crippen molar-refractivity contribution >= 4 is 6.29 Å². The summed E-state index contributed by atoms with van der Waals surface area (Å²) in [6, 6.07) is 9.80. The van der Waals surface area contributed by atoms with Crippen molar-refractivity contribution in [1.29, 1.82) is 0 Å². The Hall–Kier alpha value is -1.83. The molecule has 1 aromatic heterocycles. The van der Waals surface area contributed by atoms with Gasteiger partial charge in [-0.2, -0.15) is 0 Å². The number of rotatable bonds is 2. The van der Waals surface area contributed by atoms with Crippen molar-refractivity contribution in [2.45, 2.75) is 6.92 Å². The first kappa shape index (κ1) is 8.75. The molecule has 0 unspecified atom stereocenters. The van der Waals surface area contributed by atoms with Crippen LogP contribution in [0.1, 0.15) is 16.1 Å². The second-order valence-corrected chi connectivity index (χ2v) is 3.23. The molecule has 0 saturated heterocycles. The van der Waals surface area contributed by atoms with Crippen molar-refractivity contribution in [2.75, 3.05) is 0 Å². The Morgan fingerprint density at radius 1 is 1.21 bits per heavy atom. The van der Waals surface area contributed by atoms with Crippen LogP contribution in [-0.4, -0.2) is 6.29 Å². The summed E-state index contributed by atoms with van der Waals surface area (Å²) in [4.78, 5) is 10.4. The third-order valence-electron chi connectivity index (χ3n) is 2.09. The van der Waals surface area contributed by atoms with Gasteiger partial charge in [-0.3, -0.25) is 4.79 Å². The van der Waals surface area contributed by atoms with E-state index in [-0.39, 0.29) is 0 Å². The zero-order chi connectivity index (χ0) is 9.97. The summed E-state index contributed by atoms with van der Waals surface area (Å²) in [6.07, 6.45) is 2.30. The fourth-order valence-corrected chi connectivity index (χ4v) is 1.39. The Kier molecular flexibility index (Phi) is 2.19. The summed E-state index contributed by atoms with van der Waals surface area (Å²) in [5.41, 5.74) is 3.20. The minimum absolute atomic E-state index is 0.363. The van der Waals surface area contributed by atoms with Crippen molar-refractivity contribution in [1.82, 2.24) is 0 Å². The molecule has 0 aliphatic heterocycles. The molecule has 0 atom stereocenters. The van der Waals surface area contributed by atoms with E-state index in [9.17, 15) is 4.79 Å². The minimum Gasteiger partial charge on any atom is -0.461 e. The Labute approximate surface area is 82.2 Å². The van der Waals surface area contributed by atoms with E-state index in [1.165, 1.54) is 5.56 Å². The van der Waals surface area contributed by atoms with Crippen molar-refractivity contribution < 1.29 is 9.21 Å².